The molecule has 1 aliphatic rings. The molecule has 0 radical (unpaired) electrons. The quantitative estimate of drug-likeness (QED) is 0.683. The van der Waals surface area contributed by atoms with Crippen LogP contribution in [0.25, 0.3) is 0 Å². The third-order valence-electron chi connectivity index (χ3n) is 3.14. The fourth-order valence-corrected chi connectivity index (χ4v) is 2.25. The Morgan fingerprint density at radius 3 is 2.69 bits per heavy atom. The van der Waals surface area contributed by atoms with Crippen LogP contribution in [0.5, 0.6) is 0 Å². The Morgan fingerprint density at radius 2 is 2.19 bits per heavy atom. The maximum Gasteiger partial charge on any atom is 0.240 e. The van der Waals surface area contributed by atoms with Gasteiger partial charge in [-0.25, -0.2) is 0 Å². The van der Waals surface area contributed by atoms with Gasteiger partial charge < -0.3 is 16.4 Å². The Balaban J connectivity index is 2.67. The number of carbonyl (C=O) groups is 2. The van der Waals surface area contributed by atoms with Crippen LogP contribution in [0.2, 0.25) is 0 Å². The summed E-state index contributed by atoms with van der Waals surface area (Å²) in [6.07, 6.45) is 3.23. The first-order valence-electron chi connectivity index (χ1n) is 5.91. The van der Waals surface area contributed by atoms with Gasteiger partial charge in [0.1, 0.15) is 6.04 Å². The van der Waals surface area contributed by atoms with Gasteiger partial charge in [0, 0.05) is 13.1 Å². The topological polar surface area (TPSA) is 89.4 Å². The first-order valence-corrected chi connectivity index (χ1v) is 5.91. The molecule has 5 heteroatoms. The number of nitrogens with zero attached hydrogens (tertiary/aromatic N) is 1. The summed E-state index contributed by atoms with van der Waals surface area (Å²) in [6.45, 7) is 2.99. The van der Waals surface area contributed by atoms with E-state index < -0.39 is 11.9 Å². The van der Waals surface area contributed by atoms with Crippen LogP contribution >= 0.6 is 0 Å². The van der Waals surface area contributed by atoms with Crippen LogP contribution in [0.15, 0.2) is 0 Å². The van der Waals surface area contributed by atoms with Crippen LogP contribution in [0.1, 0.15) is 32.6 Å². The molecule has 2 atom stereocenters. The van der Waals surface area contributed by atoms with E-state index in [1.165, 1.54) is 0 Å². The second kappa shape index (κ2) is 5.84. The minimum atomic E-state index is -0.418. The molecule has 1 fully saturated rings. The van der Waals surface area contributed by atoms with Crippen molar-refractivity contribution in [3.05, 3.63) is 0 Å². The molecule has 0 aromatic rings. The predicted molar refractivity (Wildman–Crippen MR) is 61.4 cm³/mol. The molecule has 0 aromatic heterocycles. The van der Waals surface area contributed by atoms with Gasteiger partial charge in [-0.1, -0.05) is 13.3 Å². The molecular formula is C11H21N3O2. The van der Waals surface area contributed by atoms with Gasteiger partial charge in [0.25, 0.3) is 0 Å². The third-order valence-corrected chi connectivity index (χ3v) is 3.14. The van der Waals surface area contributed by atoms with Gasteiger partial charge in [-0.3, -0.25) is 9.59 Å². The zero-order valence-corrected chi connectivity index (χ0v) is 9.82. The molecule has 2 unspecified atom stereocenters. The molecule has 16 heavy (non-hydrogen) atoms. The Kier molecular flexibility index (Phi) is 4.73. The molecule has 0 saturated carbocycles. The molecule has 1 saturated heterocycles. The van der Waals surface area contributed by atoms with Crippen molar-refractivity contribution < 1.29 is 9.59 Å². The van der Waals surface area contributed by atoms with Crippen molar-refractivity contribution in [2.24, 2.45) is 17.4 Å². The minimum absolute atomic E-state index is 0.00866. The van der Waals surface area contributed by atoms with Crippen LogP contribution in [-0.2, 0) is 9.59 Å². The second-order valence-electron chi connectivity index (χ2n) is 4.31. The zero-order valence-electron chi connectivity index (χ0n) is 9.82. The minimum Gasteiger partial charge on any atom is -0.368 e. The van der Waals surface area contributed by atoms with Gasteiger partial charge in [-0.2, -0.15) is 0 Å². The number of primary amides is 1. The first-order chi connectivity index (χ1) is 7.61. The highest BCUT2D eigenvalue weighted by Crippen LogP contribution is 2.20. The van der Waals surface area contributed by atoms with Crippen molar-refractivity contribution in [2.75, 3.05) is 13.1 Å². The summed E-state index contributed by atoms with van der Waals surface area (Å²) >= 11 is 0. The predicted octanol–water partition coefficient (Wildman–Crippen LogP) is -0.162. The molecule has 0 aromatic carbocycles. The molecule has 1 aliphatic heterocycles. The number of carbonyl (C=O) groups excluding carboxylic acids is 2. The first kappa shape index (κ1) is 13.0. The highest BCUT2D eigenvalue weighted by atomic mass is 16.2. The number of likely N-dealkylation sites (tertiary alicyclic amines) is 1. The van der Waals surface area contributed by atoms with Gasteiger partial charge in [-0.15, -0.1) is 0 Å². The fourth-order valence-electron chi connectivity index (χ4n) is 2.25. The standard InChI is InChI=1S/C11H21N3O2/c1-2-4-8(7-12)11(16)14-6-3-5-9(14)10(13)15/h8-9H,2-7,12H2,1H3,(H2,13,15). The fraction of sp³-hybridized carbons (Fsp3) is 0.818. The number of rotatable bonds is 5. The van der Waals surface area contributed by atoms with Gasteiger partial charge >= 0.3 is 0 Å². The van der Waals surface area contributed by atoms with Crippen molar-refractivity contribution in [3.63, 3.8) is 0 Å². The summed E-state index contributed by atoms with van der Waals surface area (Å²) < 4.78 is 0. The maximum atomic E-state index is 12.1. The summed E-state index contributed by atoms with van der Waals surface area (Å²) in [6, 6.07) is -0.418. The molecule has 92 valence electrons. The highest BCUT2D eigenvalue weighted by molar-refractivity contribution is 5.88. The van der Waals surface area contributed by atoms with E-state index in [0.717, 1.165) is 19.3 Å². The summed E-state index contributed by atoms with van der Waals surface area (Å²) in [5.41, 5.74) is 10.9. The average molecular weight is 227 g/mol. The molecule has 4 N–H and O–H groups in total. The Hall–Kier alpha value is -1.10. The zero-order chi connectivity index (χ0) is 12.1. The van der Waals surface area contributed by atoms with Gasteiger partial charge in [-0.05, 0) is 19.3 Å². The molecule has 1 heterocycles. The molecule has 0 bridgehead atoms. The van der Waals surface area contributed by atoms with E-state index in [1.807, 2.05) is 6.92 Å². The van der Waals surface area contributed by atoms with Gasteiger partial charge in [0.2, 0.25) is 11.8 Å². The smallest absolute Gasteiger partial charge is 0.240 e. The van der Waals surface area contributed by atoms with Crippen molar-refractivity contribution in [1.29, 1.82) is 0 Å². The van der Waals surface area contributed by atoms with Crippen LogP contribution in [0.3, 0.4) is 0 Å². The highest BCUT2D eigenvalue weighted by Gasteiger charge is 2.35. The van der Waals surface area contributed by atoms with Crippen LogP contribution in [0.4, 0.5) is 0 Å². The van der Waals surface area contributed by atoms with Crippen LogP contribution in [-0.4, -0.2) is 35.8 Å². The van der Waals surface area contributed by atoms with E-state index >= 15 is 0 Å². The third kappa shape index (κ3) is 2.72. The molecule has 5 nitrogen and oxygen atoms in total. The Labute approximate surface area is 96.1 Å². The van der Waals surface area contributed by atoms with Crippen molar-refractivity contribution in [3.8, 4) is 0 Å². The lowest BCUT2D eigenvalue weighted by Gasteiger charge is -2.26. The van der Waals surface area contributed by atoms with Crippen molar-refractivity contribution in [1.82, 2.24) is 4.90 Å². The van der Waals surface area contributed by atoms with Crippen molar-refractivity contribution >= 4 is 11.8 Å². The number of nitrogens with two attached hydrogens (primary N) is 2. The Bertz CT molecular complexity index is 268. The van der Waals surface area contributed by atoms with E-state index in [-0.39, 0.29) is 11.8 Å². The van der Waals surface area contributed by atoms with E-state index in [4.69, 9.17) is 11.5 Å². The van der Waals surface area contributed by atoms with Crippen LogP contribution < -0.4 is 11.5 Å². The lowest BCUT2D eigenvalue weighted by atomic mass is 10.0. The van der Waals surface area contributed by atoms with E-state index in [1.54, 1.807) is 4.90 Å². The van der Waals surface area contributed by atoms with E-state index in [9.17, 15) is 9.59 Å². The molecular weight excluding hydrogens is 206 g/mol. The Morgan fingerprint density at radius 1 is 1.50 bits per heavy atom. The summed E-state index contributed by atoms with van der Waals surface area (Å²) in [5, 5.41) is 0. The second-order valence-corrected chi connectivity index (χ2v) is 4.31. The summed E-state index contributed by atoms with van der Waals surface area (Å²) in [5.74, 6) is -0.575. The summed E-state index contributed by atoms with van der Waals surface area (Å²) in [4.78, 5) is 24.9. The monoisotopic (exact) mass is 227 g/mol. The maximum absolute atomic E-state index is 12.1. The number of hydrogen-bond acceptors (Lipinski definition) is 3. The molecule has 0 aliphatic carbocycles. The normalized spacial score (nSPS) is 22.1. The van der Waals surface area contributed by atoms with Gasteiger partial charge in [0.15, 0.2) is 0 Å². The average Bonchev–Trinajstić information content (AvgIpc) is 2.73. The SMILES string of the molecule is CCCC(CN)C(=O)N1CCCC1C(N)=O. The molecule has 1 rings (SSSR count). The van der Waals surface area contributed by atoms with Gasteiger partial charge in [0.05, 0.1) is 5.92 Å². The molecule has 0 spiro atoms. The van der Waals surface area contributed by atoms with Crippen molar-refractivity contribution in [2.45, 2.75) is 38.6 Å². The lowest BCUT2D eigenvalue weighted by molar-refractivity contribution is -0.140. The van der Waals surface area contributed by atoms with E-state index in [2.05, 4.69) is 0 Å². The molecule has 2 amide bonds. The summed E-state index contributed by atoms with van der Waals surface area (Å²) in [7, 11) is 0. The van der Waals surface area contributed by atoms with E-state index in [0.29, 0.717) is 19.5 Å². The number of hydrogen-bond donors (Lipinski definition) is 2. The van der Waals surface area contributed by atoms with Crippen LogP contribution in [0, 0.1) is 5.92 Å². The largest absolute Gasteiger partial charge is 0.368 e. The number of amides is 2. The lowest BCUT2D eigenvalue weighted by Crippen LogP contribution is -2.47.